The van der Waals surface area contributed by atoms with Crippen LogP contribution in [0.4, 0.5) is 0 Å². The molecule has 0 spiro atoms. The molecule has 0 saturated heterocycles. The van der Waals surface area contributed by atoms with Gasteiger partial charge in [0.25, 0.3) is 0 Å². The van der Waals surface area contributed by atoms with E-state index < -0.39 is 9.84 Å². The van der Waals surface area contributed by atoms with Gasteiger partial charge < -0.3 is 4.74 Å². The van der Waals surface area contributed by atoms with Crippen molar-refractivity contribution in [3.05, 3.63) is 66.5 Å². The molecule has 1 heterocycles. The lowest BCUT2D eigenvalue weighted by atomic mass is 10.3. The summed E-state index contributed by atoms with van der Waals surface area (Å²) in [5, 5.41) is 0. The van der Waals surface area contributed by atoms with E-state index in [2.05, 4.69) is 11.6 Å². The number of ether oxygens (including phenoxy) is 1. The predicted molar refractivity (Wildman–Crippen MR) is 82.0 cm³/mol. The van der Waals surface area contributed by atoms with Crippen LogP contribution in [0.2, 0.25) is 0 Å². The lowest BCUT2D eigenvalue weighted by Crippen LogP contribution is -2.09. The summed E-state index contributed by atoms with van der Waals surface area (Å²) in [5.74, 6) is 0.283. The molecular formula is C16H17NO3S. The molecule has 0 fully saturated rings. The highest BCUT2D eigenvalue weighted by Gasteiger charge is 2.19. The van der Waals surface area contributed by atoms with Crippen molar-refractivity contribution in [1.29, 1.82) is 0 Å². The van der Waals surface area contributed by atoms with Crippen molar-refractivity contribution in [3.8, 4) is 5.75 Å². The maximum absolute atomic E-state index is 12.4. The summed E-state index contributed by atoms with van der Waals surface area (Å²) in [6, 6.07) is 11.9. The van der Waals surface area contributed by atoms with Gasteiger partial charge in [-0.3, -0.25) is 4.98 Å². The number of hydrogen-bond acceptors (Lipinski definition) is 4. The fraction of sp³-hybridized carbons (Fsp3) is 0.188. The molecule has 110 valence electrons. The maximum Gasteiger partial charge on any atom is 0.184 e. The molecule has 4 nitrogen and oxygen atoms in total. The second-order valence-corrected chi connectivity index (χ2v) is 6.56. The number of nitrogens with zero attached hydrogens (tertiary/aromatic N) is 1. The number of pyridine rings is 1. The van der Waals surface area contributed by atoms with Crippen LogP contribution < -0.4 is 4.74 Å². The Labute approximate surface area is 125 Å². The van der Waals surface area contributed by atoms with E-state index in [0.717, 1.165) is 5.69 Å². The van der Waals surface area contributed by atoms with Crippen LogP contribution in [0.3, 0.4) is 0 Å². The van der Waals surface area contributed by atoms with Crippen LogP contribution >= 0.6 is 0 Å². The average molecular weight is 303 g/mol. The van der Waals surface area contributed by atoms with Gasteiger partial charge >= 0.3 is 0 Å². The van der Waals surface area contributed by atoms with E-state index in [0.29, 0.717) is 18.1 Å². The summed E-state index contributed by atoms with van der Waals surface area (Å²) >= 11 is 0. The Morgan fingerprint density at radius 1 is 1.19 bits per heavy atom. The first kappa shape index (κ1) is 15.3. The van der Waals surface area contributed by atoms with Gasteiger partial charge in [-0.05, 0) is 31.2 Å². The van der Waals surface area contributed by atoms with Crippen molar-refractivity contribution < 1.29 is 13.2 Å². The zero-order chi connectivity index (χ0) is 15.3. The molecule has 0 aliphatic rings. The van der Waals surface area contributed by atoms with Crippen molar-refractivity contribution >= 4 is 9.84 Å². The molecule has 0 bridgehead atoms. The van der Waals surface area contributed by atoms with E-state index in [1.54, 1.807) is 48.5 Å². The van der Waals surface area contributed by atoms with Gasteiger partial charge in [0.05, 0.1) is 10.6 Å². The molecule has 0 amide bonds. The minimum atomic E-state index is -3.45. The number of benzene rings is 1. The van der Waals surface area contributed by atoms with E-state index in [9.17, 15) is 8.42 Å². The maximum atomic E-state index is 12.4. The SMILES string of the molecule is C=CCOc1ccc(C)nc1CS(=O)(=O)c1ccccc1. The topological polar surface area (TPSA) is 56.3 Å². The molecule has 21 heavy (non-hydrogen) atoms. The van der Waals surface area contributed by atoms with Crippen LogP contribution in [0, 0.1) is 6.92 Å². The average Bonchev–Trinajstić information content (AvgIpc) is 2.47. The molecule has 0 radical (unpaired) electrons. The second-order valence-electron chi connectivity index (χ2n) is 4.57. The van der Waals surface area contributed by atoms with Gasteiger partial charge in [0.15, 0.2) is 9.84 Å². The Kier molecular flexibility index (Phi) is 4.75. The predicted octanol–water partition coefficient (Wildman–Crippen LogP) is 2.93. The minimum absolute atomic E-state index is 0.189. The monoisotopic (exact) mass is 303 g/mol. The van der Waals surface area contributed by atoms with E-state index in [-0.39, 0.29) is 10.6 Å². The number of aromatic nitrogens is 1. The Balaban J connectivity index is 2.34. The van der Waals surface area contributed by atoms with Gasteiger partial charge in [-0.15, -0.1) is 0 Å². The fourth-order valence-corrected chi connectivity index (χ4v) is 3.18. The van der Waals surface area contributed by atoms with Crippen molar-refractivity contribution in [2.45, 2.75) is 17.6 Å². The molecule has 0 aliphatic heterocycles. The van der Waals surface area contributed by atoms with Crippen molar-refractivity contribution in [2.75, 3.05) is 6.61 Å². The third kappa shape index (κ3) is 3.92. The second kappa shape index (κ2) is 6.54. The minimum Gasteiger partial charge on any atom is -0.488 e. The first-order valence-electron chi connectivity index (χ1n) is 6.51. The number of rotatable bonds is 6. The van der Waals surface area contributed by atoms with Gasteiger partial charge in [-0.25, -0.2) is 8.42 Å². The van der Waals surface area contributed by atoms with Gasteiger partial charge in [0.2, 0.25) is 0 Å². The molecule has 0 unspecified atom stereocenters. The first-order chi connectivity index (χ1) is 10.0. The Hall–Kier alpha value is -2.14. The Morgan fingerprint density at radius 3 is 2.57 bits per heavy atom. The van der Waals surface area contributed by atoms with Crippen molar-refractivity contribution in [3.63, 3.8) is 0 Å². The highest BCUT2D eigenvalue weighted by molar-refractivity contribution is 7.90. The first-order valence-corrected chi connectivity index (χ1v) is 8.16. The molecule has 1 aromatic carbocycles. The van der Waals surface area contributed by atoms with Crippen LogP contribution in [-0.2, 0) is 15.6 Å². The summed E-state index contributed by atoms with van der Waals surface area (Å²) in [5.41, 5.74) is 1.17. The lowest BCUT2D eigenvalue weighted by Gasteiger charge is -2.11. The number of hydrogen-bond donors (Lipinski definition) is 0. The van der Waals surface area contributed by atoms with Crippen molar-refractivity contribution in [1.82, 2.24) is 4.98 Å². The van der Waals surface area contributed by atoms with Gasteiger partial charge in [0.1, 0.15) is 18.1 Å². The van der Waals surface area contributed by atoms with Crippen LogP contribution in [0.25, 0.3) is 0 Å². The van der Waals surface area contributed by atoms with Crippen molar-refractivity contribution in [2.24, 2.45) is 0 Å². The van der Waals surface area contributed by atoms with E-state index in [1.807, 2.05) is 6.92 Å². The molecule has 0 aliphatic carbocycles. The zero-order valence-electron chi connectivity index (χ0n) is 11.8. The van der Waals surface area contributed by atoms with E-state index in [1.165, 1.54) is 0 Å². The van der Waals surface area contributed by atoms with E-state index in [4.69, 9.17) is 4.74 Å². The summed E-state index contributed by atoms with van der Waals surface area (Å²) in [6.07, 6.45) is 1.61. The van der Waals surface area contributed by atoms with Gasteiger partial charge in [-0.2, -0.15) is 0 Å². The van der Waals surface area contributed by atoms with Gasteiger partial charge in [-0.1, -0.05) is 30.9 Å². The zero-order valence-corrected chi connectivity index (χ0v) is 12.6. The molecule has 5 heteroatoms. The molecular weight excluding hydrogens is 286 g/mol. The van der Waals surface area contributed by atoms with Crippen LogP contribution in [0.15, 0.2) is 60.0 Å². The Morgan fingerprint density at radius 2 is 1.90 bits per heavy atom. The molecule has 1 aromatic heterocycles. The highest BCUT2D eigenvalue weighted by atomic mass is 32.2. The summed E-state index contributed by atoms with van der Waals surface area (Å²) < 4.78 is 30.3. The molecule has 2 rings (SSSR count). The molecule has 0 atom stereocenters. The molecule has 2 aromatic rings. The largest absolute Gasteiger partial charge is 0.488 e. The van der Waals surface area contributed by atoms with E-state index >= 15 is 0 Å². The summed E-state index contributed by atoms with van der Waals surface area (Å²) in [4.78, 5) is 4.58. The summed E-state index contributed by atoms with van der Waals surface area (Å²) in [7, 11) is -3.45. The molecule has 0 saturated carbocycles. The standard InChI is InChI=1S/C16H17NO3S/c1-3-11-20-16-10-9-13(2)17-15(16)12-21(18,19)14-7-5-4-6-8-14/h3-10H,1,11-12H2,2H3. The summed E-state index contributed by atoms with van der Waals surface area (Å²) in [6.45, 7) is 5.71. The fourth-order valence-electron chi connectivity index (χ4n) is 1.87. The van der Waals surface area contributed by atoms with Crippen LogP contribution in [-0.4, -0.2) is 20.0 Å². The quantitative estimate of drug-likeness (QED) is 0.770. The van der Waals surface area contributed by atoms with Crippen LogP contribution in [0.5, 0.6) is 5.75 Å². The highest BCUT2D eigenvalue weighted by Crippen LogP contribution is 2.23. The lowest BCUT2D eigenvalue weighted by molar-refractivity contribution is 0.358. The smallest absolute Gasteiger partial charge is 0.184 e. The third-order valence-corrected chi connectivity index (χ3v) is 4.50. The van der Waals surface area contributed by atoms with Gasteiger partial charge in [0, 0.05) is 5.69 Å². The normalized spacial score (nSPS) is 11.1. The van der Waals surface area contributed by atoms with Crippen LogP contribution in [0.1, 0.15) is 11.4 Å². The third-order valence-electron chi connectivity index (χ3n) is 2.86. The number of aryl methyl sites for hydroxylation is 1. The number of sulfone groups is 1. The Bertz CT molecular complexity index is 724. The molecule has 0 N–H and O–H groups in total.